The predicted octanol–water partition coefficient (Wildman–Crippen LogP) is 5.03. The van der Waals surface area contributed by atoms with Gasteiger partial charge in [0, 0.05) is 56.9 Å². The maximum absolute atomic E-state index is 15.7. The van der Waals surface area contributed by atoms with Gasteiger partial charge in [0.1, 0.15) is 0 Å². The van der Waals surface area contributed by atoms with Crippen molar-refractivity contribution in [3.8, 4) is 0 Å². The van der Waals surface area contributed by atoms with Gasteiger partial charge in [0.25, 0.3) is 5.91 Å². The van der Waals surface area contributed by atoms with Crippen molar-refractivity contribution in [1.29, 1.82) is 0 Å². The van der Waals surface area contributed by atoms with Gasteiger partial charge in [-0.15, -0.1) is 0 Å². The van der Waals surface area contributed by atoms with Crippen molar-refractivity contribution in [1.82, 2.24) is 9.80 Å². The number of carboxylic acid groups (broad SMARTS) is 1. The zero-order valence-electron chi connectivity index (χ0n) is 22.7. The molecule has 0 bridgehead atoms. The summed E-state index contributed by atoms with van der Waals surface area (Å²) in [6, 6.07) is 6.74. The van der Waals surface area contributed by atoms with Crippen molar-refractivity contribution in [2.45, 2.75) is 89.8 Å². The first-order valence-electron chi connectivity index (χ1n) is 13.7. The van der Waals surface area contributed by atoms with E-state index >= 15 is 4.39 Å². The largest absolute Gasteiger partial charge is 0.481 e. The highest BCUT2D eigenvalue weighted by Crippen LogP contribution is 2.39. The van der Waals surface area contributed by atoms with Gasteiger partial charge in [-0.2, -0.15) is 0 Å². The van der Waals surface area contributed by atoms with Crippen LogP contribution in [0.3, 0.4) is 0 Å². The number of halogens is 1. The summed E-state index contributed by atoms with van der Waals surface area (Å²) >= 11 is 0. The van der Waals surface area contributed by atoms with E-state index in [2.05, 4.69) is 62.6 Å². The lowest BCUT2D eigenvalue weighted by atomic mass is 9.85. The monoisotopic (exact) mass is 501 g/mol. The summed E-state index contributed by atoms with van der Waals surface area (Å²) in [5.41, 5.74) is 1.87. The molecule has 0 aliphatic carbocycles. The number of nitrogens with zero attached hydrogens (tertiary/aromatic N) is 3. The van der Waals surface area contributed by atoms with Crippen molar-refractivity contribution in [2.75, 3.05) is 44.2 Å². The molecular formula is C29H44FN3O3. The molecule has 1 aromatic carbocycles. The highest BCUT2D eigenvalue weighted by Gasteiger charge is 2.49. The van der Waals surface area contributed by atoms with E-state index in [1.54, 1.807) is 4.90 Å². The third kappa shape index (κ3) is 5.56. The summed E-state index contributed by atoms with van der Waals surface area (Å²) < 4.78 is 15.7. The van der Waals surface area contributed by atoms with Gasteiger partial charge in [-0.05, 0) is 75.5 Å². The van der Waals surface area contributed by atoms with Crippen molar-refractivity contribution in [3.63, 3.8) is 0 Å². The molecule has 1 aromatic rings. The van der Waals surface area contributed by atoms with Gasteiger partial charge in [0.15, 0.2) is 0 Å². The minimum Gasteiger partial charge on any atom is -0.481 e. The number of hydrogen-bond acceptors (Lipinski definition) is 4. The zero-order chi connectivity index (χ0) is 26.3. The summed E-state index contributed by atoms with van der Waals surface area (Å²) in [4.78, 5) is 30.9. The molecule has 3 fully saturated rings. The van der Waals surface area contributed by atoms with Gasteiger partial charge in [-0.1, -0.05) is 26.0 Å². The smallest absolute Gasteiger partial charge is 0.306 e. The molecule has 200 valence electrons. The Morgan fingerprint density at radius 1 is 1.03 bits per heavy atom. The van der Waals surface area contributed by atoms with Gasteiger partial charge < -0.3 is 14.9 Å². The number of carbonyl (C=O) groups is 2. The van der Waals surface area contributed by atoms with E-state index in [0.717, 1.165) is 25.9 Å². The van der Waals surface area contributed by atoms with Crippen molar-refractivity contribution in [3.05, 3.63) is 29.3 Å². The van der Waals surface area contributed by atoms with Crippen LogP contribution < -0.4 is 4.90 Å². The van der Waals surface area contributed by atoms with Crippen molar-refractivity contribution < 1.29 is 19.1 Å². The maximum Gasteiger partial charge on any atom is 0.306 e. The Hall–Kier alpha value is -2.15. The lowest BCUT2D eigenvalue weighted by Gasteiger charge is -2.39. The Labute approximate surface area is 215 Å². The van der Waals surface area contributed by atoms with Crippen LogP contribution in [-0.4, -0.2) is 77.3 Å². The van der Waals surface area contributed by atoms with Crippen LogP contribution in [0.25, 0.3) is 0 Å². The second-order valence-electron chi connectivity index (χ2n) is 12.4. The number of hydrogen-bond donors (Lipinski definition) is 1. The van der Waals surface area contributed by atoms with E-state index in [1.807, 2.05) is 0 Å². The first kappa shape index (κ1) is 26.9. The number of carbonyl (C=O) groups excluding carboxylic acids is 1. The summed E-state index contributed by atoms with van der Waals surface area (Å²) in [5.74, 6) is -0.563. The van der Waals surface area contributed by atoms with E-state index < -0.39 is 11.6 Å². The van der Waals surface area contributed by atoms with Crippen molar-refractivity contribution >= 4 is 17.6 Å². The van der Waals surface area contributed by atoms with Crippen molar-refractivity contribution in [2.24, 2.45) is 5.92 Å². The summed E-state index contributed by atoms with van der Waals surface area (Å²) in [7, 11) is 0. The summed E-state index contributed by atoms with van der Waals surface area (Å²) in [6.45, 7) is 14.0. The molecule has 3 aliphatic rings. The number of benzene rings is 1. The van der Waals surface area contributed by atoms with Crippen LogP contribution in [-0.2, 0) is 9.59 Å². The minimum atomic E-state index is -1.78. The predicted molar refractivity (Wildman–Crippen MR) is 141 cm³/mol. The molecule has 1 N–H and O–H groups in total. The number of alkyl halides is 1. The number of piperidine rings is 2. The Balaban J connectivity index is 1.45. The fourth-order valence-electron chi connectivity index (χ4n) is 6.10. The Morgan fingerprint density at radius 2 is 1.67 bits per heavy atom. The molecule has 4 rings (SSSR count). The third-order valence-corrected chi connectivity index (χ3v) is 8.68. The average Bonchev–Trinajstić information content (AvgIpc) is 3.27. The van der Waals surface area contributed by atoms with Gasteiger partial charge in [0.2, 0.25) is 5.67 Å². The molecule has 0 aromatic heterocycles. The minimum absolute atomic E-state index is 0.140. The number of amides is 1. The first-order chi connectivity index (χ1) is 16.9. The van der Waals surface area contributed by atoms with Gasteiger partial charge >= 0.3 is 5.97 Å². The van der Waals surface area contributed by atoms with Crippen LogP contribution in [0.5, 0.6) is 0 Å². The molecule has 0 spiro atoms. The molecule has 3 aliphatic heterocycles. The second-order valence-corrected chi connectivity index (χ2v) is 12.4. The Morgan fingerprint density at radius 3 is 2.19 bits per heavy atom. The molecule has 36 heavy (non-hydrogen) atoms. The van der Waals surface area contributed by atoms with Crippen LogP contribution in [0.15, 0.2) is 18.2 Å². The van der Waals surface area contributed by atoms with E-state index in [9.17, 15) is 14.7 Å². The lowest BCUT2D eigenvalue weighted by Crippen LogP contribution is -2.51. The number of carboxylic acids is 1. The lowest BCUT2D eigenvalue weighted by molar-refractivity contribution is -0.144. The number of aliphatic carboxylic acids is 1. The number of rotatable bonds is 5. The topological polar surface area (TPSA) is 64.1 Å². The van der Waals surface area contributed by atoms with E-state index in [1.165, 1.54) is 16.8 Å². The van der Waals surface area contributed by atoms with E-state index in [-0.39, 0.29) is 30.3 Å². The molecule has 1 atom stereocenters. The molecule has 0 unspecified atom stereocenters. The highest BCUT2D eigenvalue weighted by atomic mass is 19.1. The third-order valence-electron chi connectivity index (χ3n) is 8.68. The van der Waals surface area contributed by atoms with Crippen LogP contribution in [0.1, 0.15) is 89.7 Å². The number of anilines is 1. The molecule has 1 amide bonds. The molecule has 0 saturated carbocycles. The van der Waals surface area contributed by atoms with Gasteiger partial charge in [0.05, 0.1) is 5.92 Å². The second kappa shape index (κ2) is 10.3. The normalized spacial score (nSPS) is 25.1. The van der Waals surface area contributed by atoms with Gasteiger partial charge in [-0.25, -0.2) is 4.39 Å². The van der Waals surface area contributed by atoms with E-state index in [0.29, 0.717) is 44.3 Å². The SMILES string of the molecule is CC(C)c1ccc(C2CCN(C(=O)[C@@]3(F)CCN(C(C)(C)C)C3)CC2)c(N2CCC(C(=O)O)CC2)c1. The first-order valence-corrected chi connectivity index (χ1v) is 13.7. The molecular weight excluding hydrogens is 457 g/mol. The molecule has 0 radical (unpaired) electrons. The van der Waals surface area contributed by atoms with E-state index in [4.69, 9.17) is 0 Å². The number of likely N-dealkylation sites (tertiary alicyclic amines) is 2. The standard InChI is InChI=1S/C29H44FN3O3/c1-20(2)23-6-7-24(25(18-23)31-13-10-22(11-14-31)26(34)35)21-8-15-32(16-9-21)27(36)29(30)12-17-33(19-29)28(3,4)5/h6-7,18,20-22H,8-17,19H2,1-5H3,(H,34,35)/t29-/m1/s1. The fraction of sp³-hybridized carbons (Fsp3) is 0.724. The highest BCUT2D eigenvalue weighted by molar-refractivity contribution is 5.86. The van der Waals surface area contributed by atoms with Crippen LogP contribution in [0, 0.1) is 5.92 Å². The zero-order valence-corrected chi connectivity index (χ0v) is 22.7. The van der Waals surface area contributed by atoms with Crippen LogP contribution in [0.2, 0.25) is 0 Å². The summed E-state index contributed by atoms with van der Waals surface area (Å²) in [6.07, 6.45) is 3.25. The Bertz CT molecular complexity index is 959. The molecule has 3 saturated heterocycles. The molecule has 6 nitrogen and oxygen atoms in total. The van der Waals surface area contributed by atoms with Crippen LogP contribution in [0.4, 0.5) is 10.1 Å². The van der Waals surface area contributed by atoms with Crippen LogP contribution >= 0.6 is 0 Å². The molecule has 3 heterocycles. The maximum atomic E-state index is 15.7. The average molecular weight is 502 g/mol. The van der Waals surface area contributed by atoms with Gasteiger partial charge in [-0.3, -0.25) is 14.5 Å². The summed E-state index contributed by atoms with van der Waals surface area (Å²) in [5, 5.41) is 9.41. The fourth-order valence-corrected chi connectivity index (χ4v) is 6.10. The molecule has 7 heteroatoms. The Kier molecular flexibility index (Phi) is 7.70. The quantitative estimate of drug-likeness (QED) is 0.613.